The number of fused-ring (bicyclic) bond motifs is 1. The number of carbonyl (C=O) groups excluding carboxylic acids is 1. The van der Waals surface area contributed by atoms with E-state index in [1.54, 1.807) is 11.0 Å². The summed E-state index contributed by atoms with van der Waals surface area (Å²) in [5.41, 5.74) is 1.43. The Labute approximate surface area is 153 Å². The number of amides is 1. The third kappa shape index (κ3) is 4.80. The van der Waals surface area contributed by atoms with Crippen LogP contribution in [0.4, 0.5) is 4.39 Å². The Kier molecular flexibility index (Phi) is 6.21. The van der Waals surface area contributed by atoms with Crippen LogP contribution in [0, 0.1) is 5.82 Å². The molecule has 1 saturated heterocycles. The largest absolute Gasteiger partial charge is 0.379 e. The van der Waals surface area contributed by atoms with Crippen molar-refractivity contribution in [1.82, 2.24) is 19.8 Å². The van der Waals surface area contributed by atoms with Gasteiger partial charge in [-0.1, -0.05) is 0 Å². The Bertz CT molecular complexity index is 742. The van der Waals surface area contributed by atoms with Gasteiger partial charge in [0.25, 0.3) is 0 Å². The smallest absolute Gasteiger partial charge is 0.222 e. The van der Waals surface area contributed by atoms with Crippen LogP contribution in [0.3, 0.4) is 0 Å². The van der Waals surface area contributed by atoms with E-state index in [9.17, 15) is 9.18 Å². The van der Waals surface area contributed by atoms with Crippen LogP contribution in [0.5, 0.6) is 0 Å². The number of benzene rings is 1. The number of nitrogens with one attached hydrogen (secondary N) is 1. The number of aromatic nitrogens is 2. The topological polar surface area (TPSA) is 61.5 Å². The zero-order valence-corrected chi connectivity index (χ0v) is 15.5. The number of hydrogen-bond donors (Lipinski definition) is 1. The number of nitrogens with zero attached hydrogens (tertiary/aromatic N) is 3. The summed E-state index contributed by atoms with van der Waals surface area (Å²) < 4.78 is 18.6. The third-order valence-electron chi connectivity index (χ3n) is 5.05. The van der Waals surface area contributed by atoms with Gasteiger partial charge in [0.1, 0.15) is 11.6 Å². The molecule has 0 saturated carbocycles. The maximum atomic E-state index is 13.2. The average molecular weight is 362 g/mol. The quantitative estimate of drug-likeness (QED) is 0.820. The summed E-state index contributed by atoms with van der Waals surface area (Å²) in [6.07, 6.45) is 2.02. The monoisotopic (exact) mass is 362 g/mol. The van der Waals surface area contributed by atoms with Crippen molar-refractivity contribution in [3.63, 3.8) is 0 Å². The summed E-state index contributed by atoms with van der Waals surface area (Å²) in [5, 5.41) is 0. The van der Waals surface area contributed by atoms with E-state index in [-0.39, 0.29) is 11.7 Å². The highest BCUT2D eigenvalue weighted by Crippen LogP contribution is 2.14. The van der Waals surface area contributed by atoms with E-state index in [2.05, 4.69) is 21.8 Å². The maximum absolute atomic E-state index is 13.2. The predicted molar refractivity (Wildman–Crippen MR) is 98.5 cm³/mol. The van der Waals surface area contributed by atoms with E-state index in [1.807, 2.05) is 7.05 Å². The number of H-pyrrole nitrogens is 1. The van der Waals surface area contributed by atoms with E-state index in [0.717, 1.165) is 44.1 Å². The van der Waals surface area contributed by atoms with Gasteiger partial charge in [0.15, 0.2) is 0 Å². The van der Waals surface area contributed by atoms with Crippen molar-refractivity contribution in [3.8, 4) is 0 Å². The van der Waals surface area contributed by atoms with E-state index in [1.165, 1.54) is 12.1 Å². The summed E-state index contributed by atoms with van der Waals surface area (Å²) in [6, 6.07) is 4.89. The second-order valence-corrected chi connectivity index (χ2v) is 6.95. The molecule has 1 N–H and O–H groups in total. The molecule has 1 aliphatic heterocycles. The SMILES string of the molecule is C[C@@H](CCC(=O)N(C)CCc1nc2ccc(F)cc2[nH]1)N1CCOCC1. The van der Waals surface area contributed by atoms with Crippen LogP contribution in [-0.2, 0) is 16.0 Å². The van der Waals surface area contributed by atoms with Gasteiger partial charge in [0.05, 0.1) is 24.2 Å². The normalized spacial score (nSPS) is 16.7. The van der Waals surface area contributed by atoms with E-state index in [4.69, 9.17) is 4.74 Å². The Balaban J connectivity index is 1.44. The molecular formula is C19H27FN4O2. The van der Waals surface area contributed by atoms with Gasteiger partial charge in [-0.15, -0.1) is 0 Å². The number of imidazole rings is 1. The zero-order chi connectivity index (χ0) is 18.5. The minimum atomic E-state index is -0.283. The molecule has 1 aromatic carbocycles. The first kappa shape index (κ1) is 18.8. The third-order valence-corrected chi connectivity index (χ3v) is 5.05. The molecule has 1 aromatic heterocycles. The van der Waals surface area contributed by atoms with Gasteiger partial charge >= 0.3 is 0 Å². The van der Waals surface area contributed by atoms with Gasteiger partial charge in [-0.2, -0.15) is 0 Å². The number of halogens is 1. The van der Waals surface area contributed by atoms with Crippen LogP contribution >= 0.6 is 0 Å². The first-order valence-electron chi connectivity index (χ1n) is 9.23. The van der Waals surface area contributed by atoms with E-state index in [0.29, 0.717) is 30.9 Å². The minimum Gasteiger partial charge on any atom is -0.379 e. The molecule has 3 rings (SSSR count). The molecule has 1 aliphatic rings. The van der Waals surface area contributed by atoms with E-state index < -0.39 is 0 Å². The first-order valence-corrected chi connectivity index (χ1v) is 9.23. The molecular weight excluding hydrogens is 335 g/mol. The van der Waals surface area contributed by atoms with Gasteiger partial charge < -0.3 is 14.6 Å². The van der Waals surface area contributed by atoms with Crippen molar-refractivity contribution >= 4 is 16.9 Å². The molecule has 0 radical (unpaired) electrons. The highest BCUT2D eigenvalue weighted by Gasteiger charge is 2.19. The van der Waals surface area contributed by atoms with Gasteiger partial charge in [0.2, 0.25) is 5.91 Å². The lowest BCUT2D eigenvalue weighted by molar-refractivity contribution is -0.130. The number of aromatic amines is 1. The summed E-state index contributed by atoms with van der Waals surface area (Å²) >= 11 is 0. The standard InChI is InChI=1S/C19H27FN4O2/c1-14(24-9-11-26-12-10-24)3-6-19(25)23(2)8-7-18-21-16-5-4-15(20)13-17(16)22-18/h4-5,13-14H,3,6-12H2,1-2H3,(H,21,22)/t14-/m0/s1. The molecule has 1 atom stereocenters. The van der Waals surface area contributed by atoms with Gasteiger partial charge in [-0.3, -0.25) is 9.69 Å². The molecule has 7 heteroatoms. The van der Waals surface area contributed by atoms with Gasteiger partial charge in [0, 0.05) is 45.6 Å². The lowest BCUT2D eigenvalue weighted by atomic mass is 10.1. The summed E-state index contributed by atoms with van der Waals surface area (Å²) in [4.78, 5) is 24.1. The summed E-state index contributed by atoms with van der Waals surface area (Å²) in [5.74, 6) is 0.633. The van der Waals surface area contributed by atoms with Crippen LogP contribution in [0.25, 0.3) is 11.0 Å². The van der Waals surface area contributed by atoms with Crippen molar-refractivity contribution in [3.05, 3.63) is 29.8 Å². The molecule has 1 fully saturated rings. The maximum Gasteiger partial charge on any atom is 0.222 e. The fourth-order valence-corrected chi connectivity index (χ4v) is 3.28. The molecule has 142 valence electrons. The van der Waals surface area contributed by atoms with Crippen molar-refractivity contribution < 1.29 is 13.9 Å². The Morgan fingerprint density at radius 1 is 1.42 bits per heavy atom. The van der Waals surface area contributed by atoms with Crippen molar-refractivity contribution in [1.29, 1.82) is 0 Å². The second kappa shape index (κ2) is 8.60. The number of ether oxygens (including phenoxy) is 1. The lowest BCUT2D eigenvalue weighted by Crippen LogP contribution is -2.42. The highest BCUT2D eigenvalue weighted by atomic mass is 19.1. The number of hydrogen-bond acceptors (Lipinski definition) is 4. The Morgan fingerprint density at radius 2 is 2.19 bits per heavy atom. The van der Waals surface area contributed by atoms with Crippen molar-refractivity contribution in [2.75, 3.05) is 39.9 Å². The molecule has 0 aliphatic carbocycles. The Morgan fingerprint density at radius 3 is 2.96 bits per heavy atom. The van der Waals surface area contributed by atoms with E-state index >= 15 is 0 Å². The minimum absolute atomic E-state index is 0.146. The molecule has 6 nitrogen and oxygen atoms in total. The summed E-state index contributed by atoms with van der Waals surface area (Å²) in [7, 11) is 1.82. The number of carbonyl (C=O) groups is 1. The highest BCUT2D eigenvalue weighted by molar-refractivity contribution is 5.76. The second-order valence-electron chi connectivity index (χ2n) is 6.95. The molecule has 0 unspecified atom stereocenters. The molecule has 26 heavy (non-hydrogen) atoms. The molecule has 2 aromatic rings. The molecule has 0 bridgehead atoms. The van der Waals surface area contributed by atoms with Crippen LogP contribution < -0.4 is 0 Å². The number of rotatable bonds is 7. The number of likely N-dealkylation sites (N-methyl/N-ethyl adjacent to an activating group) is 1. The fourth-order valence-electron chi connectivity index (χ4n) is 3.28. The fraction of sp³-hybridized carbons (Fsp3) is 0.579. The van der Waals surface area contributed by atoms with Crippen LogP contribution in [0.1, 0.15) is 25.6 Å². The Hall–Kier alpha value is -1.99. The van der Waals surface area contributed by atoms with Crippen LogP contribution in [-0.4, -0.2) is 71.6 Å². The van der Waals surface area contributed by atoms with Gasteiger partial charge in [-0.25, -0.2) is 9.37 Å². The molecule has 1 amide bonds. The van der Waals surface area contributed by atoms with Crippen LogP contribution in [0.2, 0.25) is 0 Å². The van der Waals surface area contributed by atoms with Crippen molar-refractivity contribution in [2.24, 2.45) is 0 Å². The predicted octanol–water partition coefficient (Wildman–Crippen LogP) is 2.20. The zero-order valence-electron chi connectivity index (χ0n) is 15.5. The van der Waals surface area contributed by atoms with Crippen molar-refractivity contribution in [2.45, 2.75) is 32.2 Å². The molecule has 0 spiro atoms. The molecule has 2 heterocycles. The number of morpholine rings is 1. The average Bonchev–Trinajstić information content (AvgIpc) is 3.06. The lowest BCUT2D eigenvalue weighted by Gasteiger charge is -2.32. The van der Waals surface area contributed by atoms with Crippen LogP contribution in [0.15, 0.2) is 18.2 Å². The van der Waals surface area contributed by atoms with Gasteiger partial charge in [-0.05, 0) is 31.5 Å². The first-order chi connectivity index (χ1) is 12.5. The summed E-state index contributed by atoms with van der Waals surface area (Å²) in [6.45, 7) is 6.20.